The first-order valence-corrected chi connectivity index (χ1v) is 9.06. The van der Waals surface area contributed by atoms with Crippen molar-refractivity contribution in [3.63, 3.8) is 0 Å². The minimum Gasteiger partial charge on any atom is -0.352 e. The SMILES string of the molecule is CCNC(=O)c1ccc(Cl)cc1NC(=O)CC1CC2CCC(C1)N2. The number of rotatable bonds is 5. The summed E-state index contributed by atoms with van der Waals surface area (Å²) in [6.07, 6.45) is 5.05. The third-order valence-corrected chi connectivity index (χ3v) is 5.12. The van der Waals surface area contributed by atoms with Gasteiger partial charge in [0.25, 0.3) is 5.91 Å². The summed E-state index contributed by atoms with van der Waals surface area (Å²) in [6.45, 7) is 2.39. The zero-order valence-electron chi connectivity index (χ0n) is 13.9. The second-order valence-corrected chi connectivity index (χ2v) is 7.21. The molecule has 1 aromatic carbocycles. The largest absolute Gasteiger partial charge is 0.352 e. The van der Waals surface area contributed by atoms with Gasteiger partial charge in [0.15, 0.2) is 0 Å². The highest BCUT2D eigenvalue weighted by atomic mass is 35.5. The van der Waals surface area contributed by atoms with Crippen molar-refractivity contribution in [2.24, 2.45) is 5.92 Å². The number of carbonyl (C=O) groups is 2. The zero-order valence-corrected chi connectivity index (χ0v) is 14.7. The van der Waals surface area contributed by atoms with Crippen LogP contribution in [0, 0.1) is 5.92 Å². The topological polar surface area (TPSA) is 70.2 Å². The van der Waals surface area contributed by atoms with E-state index in [4.69, 9.17) is 11.6 Å². The maximum atomic E-state index is 12.5. The van der Waals surface area contributed by atoms with E-state index < -0.39 is 0 Å². The molecule has 2 fully saturated rings. The van der Waals surface area contributed by atoms with Crippen molar-refractivity contribution in [1.29, 1.82) is 0 Å². The van der Waals surface area contributed by atoms with Gasteiger partial charge in [-0.25, -0.2) is 0 Å². The lowest BCUT2D eigenvalue weighted by Crippen LogP contribution is -2.39. The van der Waals surface area contributed by atoms with Gasteiger partial charge in [-0.1, -0.05) is 11.6 Å². The van der Waals surface area contributed by atoms with Gasteiger partial charge in [0, 0.05) is 30.1 Å². The maximum absolute atomic E-state index is 12.5. The van der Waals surface area contributed by atoms with E-state index in [1.54, 1.807) is 18.2 Å². The molecule has 2 unspecified atom stereocenters. The molecule has 130 valence electrons. The fraction of sp³-hybridized carbons (Fsp3) is 0.556. The Morgan fingerprint density at radius 2 is 1.96 bits per heavy atom. The Balaban J connectivity index is 1.65. The van der Waals surface area contributed by atoms with Crippen molar-refractivity contribution in [3.05, 3.63) is 28.8 Å². The lowest BCUT2D eigenvalue weighted by Gasteiger charge is -2.28. The number of piperidine rings is 1. The Bertz CT molecular complexity index is 623. The van der Waals surface area contributed by atoms with Crippen molar-refractivity contribution in [1.82, 2.24) is 10.6 Å². The molecule has 2 saturated heterocycles. The first-order chi connectivity index (χ1) is 11.5. The number of nitrogens with one attached hydrogen (secondary N) is 3. The molecule has 5 nitrogen and oxygen atoms in total. The van der Waals surface area contributed by atoms with E-state index in [0.29, 0.717) is 47.2 Å². The highest BCUT2D eigenvalue weighted by molar-refractivity contribution is 6.31. The fourth-order valence-electron chi connectivity index (χ4n) is 3.88. The molecule has 2 heterocycles. The van der Waals surface area contributed by atoms with E-state index in [1.807, 2.05) is 6.92 Å². The number of anilines is 1. The molecule has 0 aliphatic carbocycles. The predicted octanol–water partition coefficient (Wildman–Crippen LogP) is 2.95. The van der Waals surface area contributed by atoms with Crippen LogP contribution in [-0.2, 0) is 4.79 Å². The quantitative estimate of drug-likeness (QED) is 0.765. The average molecular weight is 350 g/mol. The van der Waals surface area contributed by atoms with E-state index in [9.17, 15) is 9.59 Å². The first-order valence-electron chi connectivity index (χ1n) is 8.68. The predicted molar refractivity (Wildman–Crippen MR) is 95.4 cm³/mol. The second kappa shape index (κ2) is 7.53. The van der Waals surface area contributed by atoms with Crippen LogP contribution in [0.15, 0.2) is 18.2 Å². The molecule has 0 radical (unpaired) electrons. The van der Waals surface area contributed by atoms with Gasteiger partial charge >= 0.3 is 0 Å². The number of carbonyl (C=O) groups excluding carboxylic acids is 2. The number of benzene rings is 1. The van der Waals surface area contributed by atoms with Gasteiger partial charge in [0.1, 0.15) is 0 Å². The number of hydrogen-bond acceptors (Lipinski definition) is 3. The summed E-state index contributed by atoms with van der Waals surface area (Å²) in [5.74, 6) is 0.161. The summed E-state index contributed by atoms with van der Waals surface area (Å²) < 4.78 is 0. The lowest BCUT2D eigenvalue weighted by atomic mass is 9.89. The Hall–Kier alpha value is -1.59. The molecule has 2 atom stereocenters. The van der Waals surface area contributed by atoms with Crippen molar-refractivity contribution in [2.75, 3.05) is 11.9 Å². The fourth-order valence-corrected chi connectivity index (χ4v) is 4.05. The average Bonchev–Trinajstić information content (AvgIpc) is 2.86. The molecule has 3 rings (SSSR count). The molecule has 1 aromatic rings. The van der Waals surface area contributed by atoms with E-state index in [0.717, 1.165) is 12.8 Å². The third kappa shape index (κ3) is 4.08. The molecule has 0 saturated carbocycles. The molecule has 2 bridgehead atoms. The van der Waals surface area contributed by atoms with Crippen LogP contribution in [0.4, 0.5) is 5.69 Å². The van der Waals surface area contributed by atoms with Gasteiger partial charge in [0.2, 0.25) is 5.91 Å². The lowest BCUT2D eigenvalue weighted by molar-refractivity contribution is -0.117. The third-order valence-electron chi connectivity index (χ3n) is 4.88. The summed E-state index contributed by atoms with van der Waals surface area (Å²) in [5, 5.41) is 9.72. The van der Waals surface area contributed by atoms with Crippen LogP contribution in [0.5, 0.6) is 0 Å². The van der Waals surface area contributed by atoms with Crippen LogP contribution in [0.25, 0.3) is 0 Å². The van der Waals surface area contributed by atoms with Gasteiger partial charge in [-0.15, -0.1) is 0 Å². The summed E-state index contributed by atoms with van der Waals surface area (Å²) >= 11 is 6.03. The number of hydrogen-bond donors (Lipinski definition) is 3. The van der Waals surface area contributed by atoms with E-state index in [-0.39, 0.29) is 11.8 Å². The molecular formula is C18H24ClN3O2. The smallest absolute Gasteiger partial charge is 0.253 e. The maximum Gasteiger partial charge on any atom is 0.253 e. The molecule has 3 N–H and O–H groups in total. The molecule has 0 aromatic heterocycles. The molecule has 0 spiro atoms. The highest BCUT2D eigenvalue weighted by Gasteiger charge is 2.34. The van der Waals surface area contributed by atoms with Gasteiger partial charge in [-0.2, -0.15) is 0 Å². The van der Waals surface area contributed by atoms with Crippen molar-refractivity contribution >= 4 is 29.1 Å². The van der Waals surface area contributed by atoms with Gasteiger partial charge in [0.05, 0.1) is 11.3 Å². The van der Waals surface area contributed by atoms with Crippen LogP contribution in [0.1, 0.15) is 49.4 Å². The molecule has 24 heavy (non-hydrogen) atoms. The normalized spacial score (nSPS) is 25.3. The molecular weight excluding hydrogens is 326 g/mol. The van der Waals surface area contributed by atoms with Crippen LogP contribution in [-0.4, -0.2) is 30.4 Å². The minimum atomic E-state index is -0.204. The minimum absolute atomic E-state index is 0.0471. The van der Waals surface area contributed by atoms with Gasteiger partial charge in [-0.3, -0.25) is 9.59 Å². The summed E-state index contributed by atoms with van der Waals surface area (Å²) in [7, 11) is 0. The Morgan fingerprint density at radius 1 is 1.25 bits per heavy atom. The van der Waals surface area contributed by atoms with E-state index in [2.05, 4.69) is 16.0 Å². The number of amides is 2. The molecule has 2 aliphatic rings. The Labute approximate surface area is 147 Å². The van der Waals surface area contributed by atoms with E-state index in [1.165, 1.54) is 12.8 Å². The zero-order chi connectivity index (χ0) is 17.1. The number of halogens is 1. The Morgan fingerprint density at radius 3 is 2.62 bits per heavy atom. The summed E-state index contributed by atoms with van der Waals surface area (Å²) in [5.41, 5.74) is 0.926. The van der Waals surface area contributed by atoms with Crippen molar-refractivity contribution in [2.45, 2.75) is 51.1 Å². The summed E-state index contributed by atoms with van der Waals surface area (Å²) in [4.78, 5) is 24.6. The van der Waals surface area contributed by atoms with E-state index >= 15 is 0 Å². The van der Waals surface area contributed by atoms with Gasteiger partial charge < -0.3 is 16.0 Å². The highest BCUT2D eigenvalue weighted by Crippen LogP contribution is 2.33. The molecule has 2 aliphatic heterocycles. The van der Waals surface area contributed by atoms with Crippen LogP contribution < -0.4 is 16.0 Å². The summed E-state index contributed by atoms with van der Waals surface area (Å²) in [6, 6.07) is 6.08. The van der Waals surface area contributed by atoms with Crippen molar-refractivity contribution < 1.29 is 9.59 Å². The van der Waals surface area contributed by atoms with Crippen molar-refractivity contribution in [3.8, 4) is 0 Å². The van der Waals surface area contributed by atoms with Crippen LogP contribution >= 0.6 is 11.6 Å². The van der Waals surface area contributed by atoms with Gasteiger partial charge in [-0.05, 0) is 56.7 Å². The second-order valence-electron chi connectivity index (χ2n) is 6.78. The Kier molecular flexibility index (Phi) is 5.41. The first kappa shape index (κ1) is 17.2. The van der Waals surface area contributed by atoms with Crippen LogP contribution in [0.2, 0.25) is 5.02 Å². The molecule has 6 heteroatoms. The molecule has 2 amide bonds. The monoisotopic (exact) mass is 349 g/mol. The van der Waals surface area contributed by atoms with Crippen LogP contribution in [0.3, 0.4) is 0 Å². The standard InChI is InChI=1S/C18H24ClN3O2/c1-2-20-18(24)15-6-3-12(19)10-16(15)22-17(23)9-11-7-13-4-5-14(8-11)21-13/h3,6,10-11,13-14,21H,2,4-5,7-9H2,1H3,(H,20,24)(H,22,23). The number of fused-ring (bicyclic) bond motifs is 2.